The maximum atomic E-state index is 12.3. The Balaban J connectivity index is 1.55. The van der Waals surface area contributed by atoms with Crippen molar-refractivity contribution in [3.8, 4) is 17.0 Å². The van der Waals surface area contributed by atoms with E-state index in [1.165, 1.54) is 28.4 Å². The molecule has 1 aliphatic heterocycles. The first-order chi connectivity index (χ1) is 14.2. The number of hydrogen-bond donors (Lipinski definition) is 2. The highest BCUT2D eigenvalue weighted by Crippen LogP contribution is 2.35. The third-order valence-corrected chi connectivity index (χ3v) is 5.45. The molecule has 0 saturated heterocycles. The average Bonchev–Trinajstić information content (AvgIpc) is 3.26. The van der Waals surface area contributed by atoms with E-state index < -0.39 is 6.36 Å². The lowest BCUT2D eigenvalue weighted by molar-refractivity contribution is -0.274. The average molecular weight is 452 g/mol. The lowest BCUT2D eigenvalue weighted by atomic mass is 10.2. The van der Waals surface area contributed by atoms with E-state index in [4.69, 9.17) is 17.0 Å². The van der Waals surface area contributed by atoms with Crippen LogP contribution in [-0.2, 0) is 0 Å². The Morgan fingerprint density at radius 2 is 1.77 bits per heavy atom. The summed E-state index contributed by atoms with van der Waals surface area (Å²) < 4.78 is 40.8. The molecule has 0 fully saturated rings. The molecule has 1 aliphatic rings. The van der Waals surface area contributed by atoms with Gasteiger partial charge >= 0.3 is 6.36 Å². The molecule has 0 aliphatic carbocycles. The van der Waals surface area contributed by atoms with Gasteiger partial charge in [0, 0.05) is 21.7 Å². The standard InChI is InChI=1S/C20H13ClF3N3O2S/c21-12-3-1-11(2-4-12)15-10-30-19(26-15)17-16(28)9-27(18(17)25)13-5-7-14(8-6-13)29-20(22,23)24/h1-8,10,25,28H,9H2. The smallest absolute Gasteiger partial charge is 0.510 e. The van der Waals surface area contributed by atoms with Crippen LogP contribution in [0.1, 0.15) is 5.01 Å². The van der Waals surface area contributed by atoms with Gasteiger partial charge in [-0.25, -0.2) is 4.98 Å². The van der Waals surface area contributed by atoms with Crippen LogP contribution >= 0.6 is 22.9 Å². The number of aliphatic hydroxyl groups excluding tert-OH is 1. The number of nitrogens with one attached hydrogen (secondary N) is 1. The first-order valence-corrected chi connectivity index (χ1v) is 9.83. The van der Waals surface area contributed by atoms with Gasteiger partial charge in [0.05, 0.1) is 17.8 Å². The Morgan fingerprint density at radius 3 is 2.40 bits per heavy atom. The highest BCUT2D eigenvalue weighted by atomic mass is 35.5. The Hall–Kier alpha value is -3.04. The molecule has 0 saturated carbocycles. The van der Waals surface area contributed by atoms with Crippen LogP contribution in [0.15, 0.2) is 59.7 Å². The molecule has 0 bridgehead atoms. The minimum atomic E-state index is -4.78. The summed E-state index contributed by atoms with van der Waals surface area (Å²) in [7, 11) is 0. The number of alkyl halides is 3. The number of rotatable bonds is 4. The number of aliphatic hydroxyl groups is 1. The second-order valence-corrected chi connectivity index (χ2v) is 7.64. The Kier molecular flexibility index (Phi) is 5.17. The number of amidine groups is 1. The third kappa shape index (κ3) is 4.12. The summed E-state index contributed by atoms with van der Waals surface area (Å²) in [6.45, 7) is 0.0174. The van der Waals surface area contributed by atoms with Crippen molar-refractivity contribution in [2.75, 3.05) is 11.4 Å². The van der Waals surface area contributed by atoms with Gasteiger partial charge in [-0.05, 0) is 36.4 Å². The molecule has 2 N–H and O–H groups in total. The van der Waals surface area contributed by atoms with Gasteiger partial charge in [-0.3, -0.25) is 5.41 Å². The summed E-state index contributed by atoms with van der Waals surface area (Å²) in [5.41, 5.74) is 2.27. The first kappa shape index (κ1) is 20.2. The van der Waals surface area contributed by atoms with E-state index in [1.807, 2.05) is 17.5 Å². The van der Waals surface area contributed by atoms with Gasteiger partial charge < -0.3 is 14.7 Å². The van der Waals surface area contributed by atoms with Crippen LogP contribution in [0.3, 0.4) is 0 Å². The van der Waals surface area contributed by atoms with Crippen molar-refractivity contribution in [2.45, 2.75) is 6.36 Å². The van der Waals surface area contributed by atoms with E-state index >= 15 is 0 Å². The van der Waals surface area contributed by atoms with Crippen molar-refractivity contribution in [3.05, 3.63) is 69.7 Å². The zero-order chi connectivity index (χ0) is 21.5. The number of anilines is 1. The Morgan fingerprint density at radius 1 is 1.10 bits per heavy atom. The fourth-order valence-corrected chi connectivity index (χ4v) is 4.02. The maximum absolute atomic E-state index is 12.3. The molecule has 2 heterocycles. The second kappa shape index (κ2) is 7.66. The molecule has 2 aromatic carbocycles. The van der Waals surface area contributed by atoms with Crippen LogP contribution < -0.4 is 9.64 Å². The zero-order valence-electron chi connectivity index (χ0n) is 15.1. The highest BCUT2D eigenvalue weighted by Gasteiger charge is 2.33. The quantitative estimate of drug-likeness (QED) is 0.500. The third-order valence-electron chi connectivity index (χ3n) is 4.34. The van der Waals surface area contributed by atoms with Gasteiger partial charge in [0.2, 0.25) is 0 Å². The van der Waals surface area contributed by atoms with E-state index in [9.17, 15) is 18.3 Å². The van der Waals surface area contributed by atoms with E-state index in [2.05, 4.69) is 9.72 Å². The van der Waals surface area contributed by atoms with Crippen molar-refractivity contribution in [1.82, 2.24) is 4.98 Å². The molecular weight excluding hydrogens is 439 g/mol. The normalized spacial score (nSPS) is 14.5. The number of benzene rings is 2. The van der Waals surface area contributed by atoms with Crippen molar-refractivity contribution >= 4 is 40.0 Å². The lowest BCUT2D eigenvalue weighted by Crippen LogP contribution is -2.26. The second-order valence-electron chi connectivity index (χ2n) is 6.34. The van der Waals surface area contributed by atoms with Gasteiger partial charge in [-0.2, -0.15) is 0 Å². The van der Waals surface area contributed by atoms with Crippen LogP contribution in [0.4, 0.5) is 18.9 Å². The molecule has 10 heteroatoms. The molecule has 0 amide bonds. The number of aromatic nitrogens is 1. The molecule has 0 radical (unpaired) electrons. The van der Waals surface area contributed by atoms with Gasteiger partial charge in [0.15, 0.2) is 0 Å². The minimum Gasteiger partial charge on any atom is -0.510 e. The predicted molar refractivity (Wildman–Crippen MR) is 110 cm³/mol. The molecule has 0 spiro atoms. The lowest BCUT2D eigenvalue weighted by Gasteiger charge is -2.19. The van der Waals surface area contributed by atoms with Crippen LogP contribution in [-0.4, -0.2) is 28.8 Å². The fourth-order valence-electron chi connectivity index (χ4n) is 2.99. The van der Waals surface area contributed by atoms with E-state index in [0.29, 0.717) is 21.4 Å². The molecule has 30 heavy (non-hydrogen) atoms. The first-order valence-electron chi connectivity index (χ1n) is 8.57. The largest absolute Gasteiger partial charge is 0.573 e. The molecule has 3 aromatic rings. The van der Waals surface area contributed by atoms with Gasteiger partial charge in [0.1, 0.15) is 22.4 Å². The summed E-state index contributed by atoms with van der Waals surface area (Å²) >= 11 is 7.19. The summed E-state index contributed by atoms with van der Waals surface area (Å²) in [4.78, 5) is 6.00. The number of hydrogen-bond acceptors (Lipinski definition) is 5. The molecular formula is C20H13ClF3N3O2S. The number of thiazole rings is 1. The summed E-state index contributed by atoms with van der Waals surface area (Å²) in [5, 5.41) is 21.8. The SMILES string of the molecule is N=C1C(c2nc(-c3ccc(Cl)cc3)cs2)=C(O)CN1c1ccc(OC(F)(F)F)cc1. The summed E-state index contributed by atoms with van der Waals surface area (Å²) in [5.74, 6) is -0.386. The Bertz CT molecular complexity index is 1130. The predicted octanol–water partition coefficient (Wildman–Crippen LogP) is 6.13. The molecule has 5 nitrogen and oxygen atoms in total. The van der Waals surface area contributed by atoms with Crippen LogP contribution in [0, 0.1) is 5.41 Å². The van der Waals surface area contributed by atoms with Crippen LogP contribution in [0.25, 0.3) is 16.8 Å². The van der Waals surface area contributed by atoms with Crippen LogP contribution in [0.5, 0.6) is 5.75 Å². The minimum absolute atomic E-state index is 0.00833. The van der Waals surface area contributed by atoms with Gasteiger partial charge in [-0.15, -0.1) is 24.5 Å². The van der Waals surface area contributed by atoms with Crippen molar-refractivity contribution in [3.63, 3.8) is 0 Å². The molecule has 0 atom stereocenters. The van der Waals surface area contributed by atoms with Crippen molar-refractivity contribution in [2.24, 2.45) is 0 Å². The van der Waals surface area contributed by atoms with E-state index in [0.717, 1.165) is 17.7 Å². The Labute approximate surface area is 178 Å². The van der Waals surface area contributed by atoms with Gasteiger partial charge in [-0.1, -0.05) is 23.7 Å². The number of nitrogens with zero attached hydrogens (tertiary/aromatic N) is 2. The maximum Gasteiger partial charge on any atom is 0.573 e. The van der Waals surface area contributed by atoms with E-state index in [1.54, 1.807) is 12.1 Å². The van der Waals surface area contributed by atoms with Crippen LogP contribution in [0.2, 0.25) is 5.02 Å². The summed E-state index contributed by atoms with van der Waals surface area (Å²) in [6, 6.07) is 12.3. The van der Waals surface area contributed by atoms with Gasteiger partial charge in [0.25, 0.3) is 0 Å². The molecule has 154 valence electrons. The van der Waals surface area contributed by atoms with Crippen molar-refractivity contribution < 1.29 is 23.0 Å². The molecule has 4 rings (SSSR count). The number of ether oxygens (including phenoxy) is 1. The van der Waals surface area contributed by atoms with Crippen molar-refractivity contribution in [1.29, 1.82) is 5.41 Å². The fraction of sp³-hybridized carbons (Fsp3) is 0.100. The molecule has 0 unspecified atom stereocenters. The topological polar surface area (TPSA) is 69.4 Å². The number of halogens is 4. The molecule has 1 aromatic heterocycles. The summed E-state index contributed by atoms with van der Waals surface area (Å²) in [6.07, 6.45) is -4.78. The zero-order valence-corrected chi connectivity index (χ0v) is 16.6. The highest BCUT2D eigenvalue weighted by molar-refractivity contribution is 7.11. The monoisotopic (exact) mass is 451 g/mol. The van der Waals surface area contributed by atoms with E-state index in [-0.39, 0.29) is 29.5 Å².